The predicted octanol–water partition coefficient (Wildman–Crippen LogP) is 1.71. The Morgan fingerprint density at radius 1 is 1.30 bits per heavy atom. The summed E-state index contributed by atoms with van der Waals surface area (Å²) in [5.74, 6) is 1.26. The van der Waals surface area contributed by atoms with Crippen LogP contribution in [0.4, 0.5) is 0 Å². The monoisotopic (exact) mass is 279 g/mol. The highest BCUT2D eigenvalue weighted by Gasteiger charge is 2.26. The highest BCUT2D eigenvalue weighted by Crippen LogP contribution is 2.27. The van der Waals surface area contributed by atoms with Gasteiger partial charge in [0.05, 0.1) is 20.3 Å². The van der Waals surface area contributed by atoms with E-state index in [-0.39, 0.29) is 5.91 Å². The van der Waals surface area contributed by atoms with Crippen molar-refractivity contribution in [2.45, 2.75) is 19.4 Å². The van der Waals surface area contributed by atoms with Crippen LogP contribution in [0.25, 0.3) is 0 Å². The van der Waals surface area contributed by atoms with E-state index in [4.69, 9.17) is 14.2 Å². The molecule has 0 spiro atoms. The normalized spacial score (nSPS) is 16.6. The number of methoxy groups -OCH3 is 1. The van der Waals surface area contributed by atoms with Crippen molar-refractivity contribution in [3.63, 3.8) is 0 Å². The molecule has 0 aliphatic carbocycles. The summed E-state index contributed by atoms with van der Waals surface area (Å²) in [7, 11) is 1.59. The number of hydrogen-bond acceptors (Lipinski definition) is 4. The molecule has 20 heavy (non-hydrogen) atoms. The molecular weight excluding hydrogens is 258 g/mol. The lowest BCUT2D eigenvalue weighted by Gasteiger charge is -2.30. The minimum Gasteiger partial charge on any atom is -0.493 e. The SMILES string of the molecule is CC[C@@H](Oc1ccccc1OC)C(=O)N1CCOCC1. The van der Waals surface area contributed by atoms with Crippen molar-refractivity contribution < 1.29 is 19.0 Å². The van der Waals surface area contributed by atoms with E-state index >= 15 is 0 Å². The third kappa shape index (κ3) is 3.42. The molecule has 1 aromatic carbocycles. The fourth-order valence-corrected chi connectivity index (χ4v) is 2.17. The molecule has 1 saturated heterocycles. The number of carbonyl (C=O) groups excluding carboxylic acids is 1. The van der Waals surface area contributed by atoms with E-state index in [9.17, 15) is 4.79 Å². The molecule has 0 radical (unpaired) electrons. The van der Waals surface area contributed by atoms with Crippen LogP contribution < -0.4 is 9.47 Å². The number of hydrogen-bond donors (Lipinski definition) is 0. The van der Waals surface area contributed by atoms with E-state index in [1.54, 1.807) is 12.0 Å². The second-order valence-corrected chi connectivity index (χ2v) is 4.60. The van der Waals surface area contributed by atoms with Gasteiger partial charge in [0, 0.05) is 13.1 Å². The maximum Gasteiger partial charge on any atom is 0.263 e. The summed E-state index contributed by atoms with van der Waals surface area (Å²) in [6, 6.07) is 7.37. The van der Waals surface area contributed by atoms with Gasteiger partial charge < -0.3 is 19.1 Å². The summed E-state index contributed by atoms with van der Waals surface area (Å²) in [6.45, 7) is 4.39. The van der Waals surface area contributed by atoms with Gasteiger partial charge >= 0.3 is 0 Å². The van der Waals surface area contributed by atoms with Gasteiger partial charge in [0.1, 0.15) is 0 Å². The standard InChI is InChI=1S/C15H21NO4/c1-3-12(15(17)16-8-10-19-11-9-16)20-14-7-5-4-6-13(14)18-2/h4-7,12H,3,8-11H2,1-2H3/t12-/m1/s1. The maximum atomic E-state index is 12.4. The Morgan fingerprint density at radius 2 is 1.95 bits per heavy atom. The number of amides is 1. The highest BCUT2D eigenvalue weighted by molar-refractivity contribution is 5.81. The van der Waals surface area contributed by atoms with Gasteiger partial charge in [-0.15, -0.1) is 0 Å². The number of ether oxygens (including phenoxy) is 3. The van der Waals surface area contributed by atoms with Crippen LogP contribution in [0.3, 0.4) is 0 Å². The van der Waals surface area contributed by atoms with Crippen LogP contribution in [0.5, 0.6) is 11.5 Å². The summed E-state index contributed by atoms with van der Waals surface area (Å²) in [4.78, 5) is 14.2. The number of rotatable bonds is 5. The van der Waals surface area contributed by atoms with Crippen LogP contribution in [-0.4, -0.2) is 50.3 Å². The molecule has 0 bridgehead atoms. The Morgan fingerprint density at radius 3 is 2.55 bits per heavy atom. The molecule has 5 nitrogen and oxygen atoms in total. The van der Waals surface area contributed by atoms with Crippen LogP contribution in [0.2, 0.25) is 0 Å². The van der Waals surface area contributed by atoms with E-state index in [0.29, 0.717) is 44.2 Å². The molecule has 2 rings (SSSR count). The molecule has 0 saturated carbocycles. The molecular formula is C15H21NO4. The number of morpholine rings is 1. The van der Waals surface area contributed by atoms with Gasteiger partial charge in [-0.2, -0.15) is 0 Å². The summed E-state index contributed by atoms with van der Waals surface area (Å²) in [5.41, 5.74) is 0. The number of para-hydroxylation sites is 2. The second-order valence-electron chi connectivity index (χ2n) is 4.60. The lowest BCUT2D eigenvalue weighted by Crippen LogP contribution is -2.47. The van der Waals surface area contributed by atoms with Crippen LogP contribution in [0.1, 0.15) is 13.3 Å². The number of benzene rings is 1. The van der Waals surface area contributed by atoms with E-state index < -0.39 is 6.10 Å². The van der Waals surface area contributed by atoms with Gasteiger partial charge in [0.15, 0.2) is 17.6 Å². The predicted molar refractivity (Wildman–Crippen MR) is 75.1 cm³/mol. The van der Waals surface area contributed by atoms with Crippen molar-refractivity contribution in [3.05, 3.63) is 24.3 Å². The van der Waals surface area contributed by atoms with Gasteiger partial charge in [-0.1, -0.05) is 19.1 Å². The molecule has 110 valence electrons. The minimum absolute atomic E-state index is 0.0155. The Bertz CT molecular complexity index is 443. The van der Waals surface area contributed by atoms with Crippen molar-refractivity contribution >= 4 is 5.91 Å². The van der Waals surface area contributed by atoms with E-state index in [1.165, 1.54) is 0 Å². The Labute approximate surface area is 119 Å². The van der Waals surface area contributed by atoms with Crippen LogP contribution in [-0.2, 0) is 9.53 Å². The highest BCUT2D eigenvalue weighted by atomic mass is 16.5. The first-order valence-electron chi connectivity index (χ1n) is 6.92. The molecule has 5 heteroatoms. The average Bonchev–Trinajstić information content (AvgIpc) is 2.53. The molecule has 0 aromatic heterocycles. The van der Waals surface area contributed by atoms with Crippen molar-refractivity contribution in [2.75, 3.05) is 33.4 Å². The summed E-state index contributed by atoms with van der Waals surface area (Å²) < 4.78 is 16.4. The van der Waals surface area contributed by atoms with E-state index in [1.807, 2.05) is 31.2 Å². The third-order valence-electron chi connectivity index (χ3n) is 3.31. The Kier molecular flexibility index (Phi) is 5.24. The Hall–Kier alpha value is -1.75. The summed E-state index contributed by atoms with van der Waals surface area (Å²) >= 11 is 0. The summed E-state index contributed by atoms with van der Waals surface area (Å²) in [5, 5.41) is 0. The topological polar surface area (TPSA) is 48.0 Å². The summed E-state index contributed by atoms with van der Waals surface area (Å²) in [6.07, 6.45) is 0.137. The molecule has 1 aliphatic rings. The average molecular weight is 279 g/mol. The van der Waals surface area contributed by atoms with Crippen molar-refractivity contribution in [1.29, 1.82) is 0 Å². The molecule has 0 N–H and O–H groups in total. The third-order valence-corrected chi connectivity index (χ3v) is 3.31. The van der Waals surface area contributed by atoms with Crippen molar-refractivity contribution in [1.82, 2.24) is 4.90 Å². The molecule has 0 unspecified atom stereocenters. The minimum atomic E-state index is -0.482. The van der Waals surface area contributed by atoms with Gasteiger partial charge in [0.25, 0.3) is 5.91 Å². The first-order chi connectivity index (χ1) is 9.76. The molecule has 1 heterocycles. The van der Waals surface area contributed by atoms with Crippen molar-refractivity contribution in [2.24, 2.45) is 0 Å². The largest absolute Gasteiger partial charge is 0.493 e. The molecule has 1 aromatic rings. The smallest absolute Gasteiger partial charge is 0.263 e. The fourth-order valence-electron chi connectivity index (χ4n) is 2.17. The van der Waals surface area contributed by atoms with Gasteiger partial charge in [0.2, 0.25) is 0 Å². The number of carbonyl (C=O) groups is 1. The van der Waals surface area contributed by atoms with Gasteiger partial charge in [-0.05, 0) is 18.6 Å². The second kappa shape index (κ2) is 7.14. The van der Waals surface area contributed by atoms with E-state index in [2.05, 4.69) is 0 Å². The lowest BCUT2D eigenvalue weighted by molar-refractivity contribution is -0.143. The van der Waals surface area contributed by atoms with Crippen LogP contribution in [0, 0.1) is 0 Å². The zero-order valence-electron chi connectivity index (χ0n) is 12.0. The van der Waals surface area contributed by atoms with E-state index in [0.717, 1.165) is 0 Å². The quantitative estimate of drug-likeness (QED) is 0.823. The zero-order valence-corrected chi connectivity index (χ0v) is 12.0. The van der Waals surface area contributed by atoms with Gasteiger partial charge in [-0.25, -0.2) is 0 Å². The first-order valence-corrected chi connectivity index (χ1v) is 6.92. The first kappa shape index (κ1) is 14.7. The van der Waals surface area contributed by atoms with Crippen LogP contribution >= 0.6 is 0 Å². The molecule has 1 atom stereocenters. The maximum absolute atomic E-state index is 12.4. The fraction of sp³-hybridized carbons (Fsp3) is 0.533. The van der Waals surface area contributed by atoms with Crippen LogP contribution in [0.15, 0.2) is 24.3 Å². The molecule has 1 amide bonds. The zero-order chi connectivity index (χ0) is 14.4. The Balaban J connectivity index is 2.06. The molecule has 1 fully saturated rings. The molecule has 1 aliphatic heterocycles. The van der Waals surface area contributed by atoms with Crippen molar-refractivity contribution in [3.8, 4) is 11.5 Å². The lowest BCUT2D eigenvalue weighted by atomic mass is 10.2. The van der Waals surface area contributed by atoms with Gasteiger partial charge in [-0.3, -0.25) is 4.79 Å². The number of nitrogens with zero attached hydrogens (tertiary/aromatic N) is 1.